The number of allylic oxidation sites excluding steroid dienone is 2. The molecule has 0 aliphatic heterocycles. The summed E-state index contributed by atoms with van der Waals surface area (Å²) in [6.45, 7) is 14.1. The van der Waals surface area contributed by atoms with Crippen LogP contribution in [0.4, 0.5) is 0 Å². The van der Waals surface area contributed by atoms with Gasteiger partial charge in [0, 0.05) is 33.9 Å². The van der Waals surface area contributed by atoms with E-state index in [9.17, 15) is 0 Å². The van der Waals surface area contributed by atoms with Crippen molar-refractivity contribution >= 4 is 21.6 Å². The van der Waals surface area contributed by atoms with Crippen molar-refractivity contribution < 1.29 is 19.8 Å². The zero-order valence-corrected chi connectivity index (χ0v) is 20.9. The molecule has 0 bridgehead atoms. The Morgan fingerprint density at radius 2 is 1.65 bits per heavy atom. The Morgan fingerprint density at radius 3 is 2.15 bits per heavy atom. The van der Waals surface area contributed by atoms with Gasteiger partial charge in [-0.15, -0.1) is 35.9 Å². The van der Waals surface area contributed by atoms with Crippen molar-refractivity contribution in [3.05, 3.63) is 65.6 Å². The quantitative estimate of drug-likeness (QED) is 0.317. The minimum Gasteiger partial charge on any atom is -0.300 e. The first-order chi connectivity index (χ1) is 11.9. The van der Waals surface area contributed by atoms with Gasteiger partial charge in [0.15, 0.2) is 0 Å². The zero-order valence-electron chi connectivity index (χ0n) is 16.3. The van der Waals surface area contributed by atoms with Gasteiger partial charge < -0.3 is 4.40 Å². The smallest absolute Gasteiger partial charge is 0.300 e. The van der Waals surface area contributed by atoms with Gasteiger partial charge in [-0.05, 0) is 26.1 Å². The molecule has 0 saturated carbocycles. The number of rotatable bonds is 3. The molecule has 0 atom stereocenters. The Bertz CT molecular complexity index is 793. The summed E-state index contributed by atoms with van der Waals surface area (Å²) in [6, 6.07) is 12.8. The first kappa shape index (κ1) is 23.1. The maximum atomic E-state index is 4.40. The van der Waals surface area contributed by atoms with Crippen molar-refractivity contribution in [2.24, 2.45) is 0 Å². The number of fused-ring (bicyclic) bond motifs is 1. The van der Waals surface area contributed by atoms with E-state index in [1.165, 1.54) is 0 Å². The Balaban J connectivity index is 0.000000274. The van der Waals surface area contributed by atoms with Crippen LogP contribution in [0.15, 0.2) is 59.6 Å². The van der Waals surface area contributed by atoms with Crippen LogP contribution >= 0.6 is 15.8 Å². The molecule has 0 aliphatic carbocycles. The topological polar surface area (TPSA) is 30.2 Å². The normalized spacial score (nSPS) is 11.7. The summed E-state index contributed by atoms with van der Waals surface area (Å²) in [7, 11) is -0.302. The van der Waals surface area contributed by atoms with Crippen LogP contribution < -0.4 is 0 Å². The molecule has 3 aromatic rings. The summed E-state index contributed by atoms with van der Waals surface area (Å²) in [5, 5.41) is 3.40. The number of nitrogens with zero attached hydrogens (tertiary/aromatic N) is 3. The molecule has 139 valence electrons. The summed E-state index contributed by atoms with van der Waals surface area (Å²) in [4.78, 5) is 8.57. The second kappa shape index (κ2) is 11.0. The Hall–Kier alpha value is -0.924. The van der Waals surface area contributed by atoms with E-state index in [-0.39, 0.29) is 35.6 Å². The molecular formula is C20H28N3OsP2+2. The molecule has 1 radical (unpaired) electrons. The fourth-order valence-corrected chi connectivity index (χ4v) is 5.26. The molecule has 0 amide bonds. The van der Waals surface area contributed by atoms with Gasteiger partial charge in [0.1, 0.15) is 10.6 Å². The molecule has 3 rings (SSSR count). The van der Waals surface area contributed by atoms with Crippen molar-refractivity contribution in [2.75, 3.05) is 26.7 Å². The molecule has 0 unspecified atom stereocenters. The molecular weight excluding hydrogens is 534 g/mol. The number of imidazole rings is 1. The summed E-state index contributed by atoms with van der Waals surface area (Å²) in [6.07, 6.45) is 5.62. The maximum Gasteiger partial charge on any atom is 1.00 e. The van der Waals surface area contributed by atoms with Crippen LogP contribution in [0.1, 0.15) is 13.8 Å². The molecule has 26 heavy (non-hydrogen) atoms. The van der Waals surface area contributed by atoms with Gasteiger partial charge >= 0.3 is 19.8 Å². The monoisotopic (exact) mass is 564 g/mol. The van der Waals surface area contributed by atoms with Crippen LogP contribution in [-0.4, -0.2) is 41.0 Å². The SMILES string of the molecule is C/C(=C(\C)[PH+](C)C)[PH+](C)C.[Os+].[c-]1ccccc1-c1cn2cccnc2n1. The van der Waals surface area contributed by atoms with Gasteiger partial charge in [-0.1, -0.05) is 0 Å². The van der Waals surface area contributed by atoms with E-state index in [0.717, 1.165) is 11.3 Å². The van der Waals surface area contributed by atoms with Gasteiger partial charge in [0.05, 0.1) is 26.7 Å². The molecule has 1 aromatic carbocycles. The van der Waals surface area contributed by atoms with Gasteiger partial charge in [-0.3, -0.25) is 4.98 Å². The fraction of sp³-hybridized carbons (Fsp3) is 0.300. The molecule has 0 spiro atoms. The van der Waals surface area contributed by atoms with Crippen molar-refractivity contribution in [3.8, 4) is 11.3 Å². The average molecular weight is 563 g/mol. The van der Waals surface area contributed by atoms with E-state index < -0.39 is 0 Å². The number of hydrogen-bond acceptors (Lipinski definition) is 2. The Labute approximate surface area is 172 Å². The van der Waals surface area contributed by atoms with Crippen molar-refractivity contribution in [1.29, 1.82) is 0 Å². The minimum atomic E-state index is -0.151. The van der Waals surface area contributed by atoms with E-state index in [1.807, 2.05) is 47.1 Å². The molecule has 0 saturated heterocycles. The largest absolute Gasteiger partial charge is 1.00 e. The first-order valence-corrected chi connectivity index (χ1v) is 13.5. The summed E-state index contributed by atoms with van der Waals surface area (Å²) >= 11 is 0. The van der Waals surface area contributed by atoms with Gasteiger partial charge in [0.25, 0.3) is 0 Å². The summed E-state index contributed by atoms with van der Waals surface area (Å²) < 4.78 is 1.90. The van der Waals surface area contributed by atoms with E-state index in [4.69, 9.17) is 0 Å². The van der Waals surface area contributed by atoms with Crippen LogP contribution in [0.25, 0.3) is 17.0 Å². The minimum absolute atomic E-state index is 0. The molecule has 6 heteroatoms. The molecule has 2 aromatic heterocycles. The van der Waals surface area contributed by atoms with Crippen LogP contribution in [0, 0.1) is 6.07 Å². The average Bonchev–Trinajstić information content (AvgIpc) is 3.05. The third-order valence-corrected chi connectivity index (χ3v) is 8.28. The van der Waals surface area contributed by atoms with Crippen LogP contribution in [0.5, 0.6) is 0 Å². The Kier molecular flexibility index (Phi) is 9.82. The molecule has 0 aliphatic rings. The van der Waals surface area contributed by atoms with E-state index >= 15 is 0 Å². The zero-order chi connectivity index (χ0) is 18.4. The second-order valence-electron chi connectivity index (χ2n) is 6.48. The van der Waals surface area contributed by atoms with Gasteiger partial charge in [0.2, 0.25) is 5.78 Å². The number of aromatic nitrogens is 3. The predicted octanol–water partition coefficient (Wildman–Crippen LogP) is 5.38. The third kappa shape index (κ3) is 6.35. The van der Waals surface area contributed by atoms with E-state index in [1.54, 1.807) is 16.8 Å². The molecule has 3 nitrogen and oxygen atoms in total. The Morgan fingerprint density at radius 1 is 1.00 bits per heavy atom. The van der Waals surface area contributed by atoms with Crippen LogP contribution in [0.3, 0.4) is 0 Å². The second-order valence-corrected chi connectivity index (χ2v) is 12.0. The van der Waals surface area contributed by atoms with Crippen molar-refractivity contribution in [3.63, 3.8) is 0 Å². The van der Waals surface area contributed by atoms with E-state index in [2.05, 4.69) is 56.5 Å². The first-order valence-electron chi connectivity index (χ1n) is 8.45. The van der Waals surface area contributed by atoms with Crippen molar-refractivity contribution in [1.82, 2.24) is 14.4 Å². The number of benzene rings is 1. The summed E-state index contributed by atoms with van der Waals surface area (Å²) in [5.41, 5.74) is 1.89. The van der Waals surface area contributed by atoms with Crippen LogP contribution in [0.2, 0.25) is 0 Å². The van der Waals surface area contributed by atoms with E-state index in [0.29, 0.717) is 5.78 Å². The molecule has 0 N–H and O–H groups in total. The fourth-order valence-electron chi connectivity index (χ4n) is 2.26. The van der Waals surface area contributed by atoms with Gasteiger partial charge in [-0.25, -0.2) is 4.98 Å². The standard InChI is InChI=1S/C12H8N3.C8H18P2.Os/c1-2-5-10(6-3-1)11-9-15-8-4-7-13-12(15)14-11;1-7(9(3)4)8(2)10(5)6;/h1-5,7-9H;1-6H3;/q-1;;+1/p+2/b;8-7-;. The van der Waals surface area contributed by atoms with Crippen LogP contribution in [-0.2, 0) is 19.8 Å². The predicted molar refractivity (Wildman–Crippen MR) is 116 cm³/mol. The third-order valence-electron chi connectivity index (χ3n) is 4.28. The number of hydrogen-bond donors (Lipinski definition) is 0. The van der Waals surface area contributed by atoms with Gasteiger partial charge in [-0.2, -0.15) is 0 Å². The summed E-state index contributed by atoms with van der Waals surface area (Å²) in [5.74, 6) is 0.713. The van der Waals surface area contributed by atoms with Crippen molar-refractivity contribution in [2.45, 2.75) is 13.8 Å². The molecule has 0 fully saturated rings. The maximum absolute atomic E-state index is 4.40. The molecule has 2 heterocycles.